The maximum absolute atomic E-state index is 4.21. The molecule has 0 saturated carbocycles. The summed E-state index contributed by atoms with van der Waals surface area (Å²) in [4.78, 5) is 5.46. The lowest BCUT2D eigenvalue weighted by Gasteiger charge is -2.02. The summed E-state index contributed by atoms with van der Waals surface area (Å²) in [6.07, 6.45) is 3.77. The Labute approximate surface area is 93.0 Å². The van der Waals surface area contributed by atoms with Crippen LogP contribution in [0, 0.1) is 13.8 Å². The second-order valence-corrected chi connectivity index (χ2v) is 4.79. The van der Waals surface area contributed by atoms with E-state index in [0.29, 0.717) is 0 Å². The van der Waals surface area contributed by atoms with Crippen LogP contribution in [0.3, 0.4) is 0 Å². The molecule has 0 aromatic carbocycles. The van der Waals surface area contributed by atoms with Gasteiger partial charge in [-0.05, 0) is 13.8 Å². The number of nitrogens with one attached hydrogen (secondary N) is 1. The van der Waals surface area contributed by atoms with Crippen LogP contribution in [0.25, 0.3) is 0 Å². The minimum absolute atomic E-state index is 0.818. The first-order chi connectivity index (χ1) is 7.16. The molecule has 0 bridgehead atoms. The third-order valence-electron chi connectivity index (χ3n) is 2.36. The highest BCUT2D eigenvalue weighted by molar-refractivity contribution is 7.11. The van der Waals surface area contributed by atoms with Crippen molar-refractivity contribution in [1.82, 2.24) is 14.8 Å². The van der Waals surface area contributed by atoms with Crippen LogP contribution in [0.5, 0.6) is 0 Å². The fraction of sp³-hybridized carbons (Fsp3) is 0.400. The van der Waals surface area contributed by atoms with E-state index in [1.807, 2.05) is 38.0 Å². The zero-order valence-corrected chi connectivity index (χ0v) is 9.93. The van der Waals surface area contributed by atoms with Crippen molar-refractivity contribution in [1.29, 1.82) is 0 Å². The molecule has 80 valence electrons. The van der Waals surface area contributed by atoms with Crippen molar-refractivity contribution < 1.29 is 0 Å². The van der Waals surface area contributed by atoms with Crippen molar-refractivity contribution in [3.05, 3.63) is 28.0 Å². The van der Waals surface area contributed by atoms with Gasteiger partial charge in [0.1, 0.15) is 0 Å². The van der Waals surface area contributed by atoms with Crippen molar-refractivity contribution in [3.8, 4) is 0 Å². The smallest absolute Gasteiger partial charge is 0.0897 e. The number of aryl methyl sites for hydroxylation is 2. The van der Waals surface area contributed by atoms with Gasteiger partial charge in [-0.3, -0.25) is 4.68 Å². The lowest BCUT2D eigenvalue weighted by molar-refractivity contribution is 0.740. The number of aromatic nitrogens is 3. The Hall–Kier alpha value is -1.36. The predicted molar refractivity (Wildman–Crippen MR) is 62.1 cm³/mol. The topological polar surface area (TPSA) is 42.7 Å². The lowest BCUT2D eigenvalue weighted by Crippen LogP contribution is -1.99. The summed E-state index contributed by atoms with van der Waals surface area (Å²) < 4.78 is 1.86. The first-order valence-electron chi connectivity index (χ1n) is 4.80. The molecular weight excluding hydrogens is 208 g/mol. The highest BCUT2D eigenvalue weighted by atomic mass is 32.1. The van der Waals surface area contributed by atoms with Gasteiger partial charge in [-0.1, -0.05) is 0 Å². The molecule has 2 rings (SSSR count). The average molecular weight is 222 g/mol. The molecule has 2 aromatic heterocycles. The summed E-state index contributed by atoms with van der Waals surface area (Å²) in [7, 11) is 1.94. The van der Waals surface area contributed by atoms with E-state index in [9.17, 15) is 0 Å². The minimum Gasteiger partial charge on any atom is -0.377 e. The number of hydrogen-bond acceptors (Lipinski definition) is 4. The molecule has 4 nitrogen and oxygen atoms in total. The second kappa shape index (κ2) is 4.02. The van der Waals surface area contributed by atoms with Crippen molar-refractivity contribution >= 4 is 17.0 Å². The van der Waals surface area contributed by atoms with Crippen molar-refractivity contribution in [2.24, 2.45) is 7.05 Å². The Morgan fingerprint density at radius 1 is 1.40 bits per heavy atom. The summed E-state index contributed by atoms with van der Waals surface area (Å²) in [5.74, 6) is 0. The molecule has 0 saturated heterocycles. The van der Waals surface area contributed by atoms with E-state index in [2.05, 4.69) is 15.4 Å². The summed E-state index contributed by atoms with van der Waals surface area (Å²) in [5, 5.41) is 8.63. The molecule has 0 spiro atoms. The normalized spacial score (nSPS) is 10.6. The van der Waals surface area contributed by atoms with Crippen molar-refractivity contribution in [2.45, 2.75) is 20.4 Å². The maximum Gasteiger partial charge on any atom is 0.0897 e. The first-order valence-corrected chi connectivity index (χ1v) is 5.62. The largest absolute Gasteiger partial charge is 0.377 e. The van der Waals surface area contributed by atoms with Gasteiger partial charge < -0.3 is 5.32 Å². The SMILES string of the molecule is Cc1ncc(CNc2cnn(C)c2C)s1. The van der Waals surface area contributed by atoms with Crippen LogP contribution in [0.15, 0.2) is 12.4 Å². The number of thiazole rings is 1. The van der Waals surface area contributed by atoms with Crippen molar-refractivity contribution in [3.63, 3.8) is 0 Å². The average Bonchev–Trinajstić information content (AvgIpc) is 2.74. The third kappa shape index (κ3) is 2.18. The van der Waals surface area contributed by atoms with E-state index in [0.717, 1.165) is 22.9 Å². The van der Waals surface area contributed by atoms with Crippen LogP contribution in [-0.4, -0.2) is 14.8 Å². The van der Waals surface area contributed by atoms with Gasteiger partial charge >= 0.3 is 0 Å². The molecule has 0 atom stereocenters. The monoisotopic (exact) mass is 222 g/mol. The van der Waals surface area contributed by atoms with Gasteiger partial charge in [0.05, 0.1) is 29.1 Å². The van der Waals surface area contributed by atoms with E-state index in [1.165, 1.54) is 4.88 Å². The number of anilines is 1. The first kappa shape index (κ1) is 10.2. The number of rotatable bonds is 3. The Balaban J connectivity index is 2.02. The van der Waals surface area contributed by atoms with E-state index >= 15 is 0 Å². The molecule has 15 heavy (non-hydrogen) atoms. The molecule has 0 aliphatic carbocycles. The quantitative estimate of drug-likeness (QED) is 0.865. The van der Waals surface area contributed by atoms with Gasteiger partial charge in [-0.2, -0.15) is 5.10 Å². The van der Waals surface area contributed by atoms with Crippen LogP contribution in [0.2, 0.25) is 0 Å². The third-order valence-corrected chi connectivity index (χ3v) is 3.27. The highest BCUT2D eigenvalue weighted by Gasteiger charge is 2.03. The predicted octanol–water partition coefficient (Wildman–Crippen LogP) is 2.11. The Bertz CT molecular complexity index is 458. The summed E-state index contributed by atoms with van der Waals surface area (Å²) in [5.41, 5.74) is 2.24. The number of hydrogen-bond donors (Lipinski definition) is 1. The minimum atomic E-state index is 0.818. The van der Waals surface area contributed by atoms with Gasteiger partial charge in [0.25, 0.3) is 0 Å². The Morgan fingerprint density at radius 2 is 2.20 bits per heavy atom. The Kier molecular flexibility index (Phi) is 2.73. The molecule has 2 heterocycles. The van der Waals surface area contributed by atoms with Crippen molar-refractivity contribution in [2.75, 3.05) is 5.32 Å². The molecular formula is C10H14N4S. The van der Waals surface area contributed by atoms with Gasteiger partial charge in [-0.15, -0.1) is 11.3 Å². The molecule has 0 aliphatic heterocycles. The van der Waals surface area contributed by atoms with Gasteiger partial charge in [-0.25, -0.2) is 4.98 Å². The molecule has 0 aliphatic rings. The Morgan fingerprint density at radius 3 is 2.73 bits per heavy atom. The highest BCUT2D eigenvalue weighted by Crippen LogP contribution is 2.16. The summed E-state index contributed by atoms with van der Waals surface area (Å²) in [6.45, 7) is 4.88. The van der Waals surface area contributed by atoms with Crippen LogP contribution < -0.4 is 5.32 Å². The fourth-order valence-electron chi connectivity index (χ4n) is 1.34. The van der Waals surface area contributed by atoms with Gasteiger partial charge in [0, 0.05) is 18.1 Å². The molecule has 0 fully saturated rings. The van der Waals surface area contributed by atoms with E-state index in [-0.39, 0.29) is 0 Å². The molecule has 5 heteroatoms. The van der Waals surface area contributed by atoms with Crippen LogP contribution in [0.1, 0.15) is 15.6 Å². The van der Waals surface area contributed by atoms with Gasteiger partial charge in [0.2, 0.25) is 0 Å². The standard InChI is InChI=1S/C10H14N4S/c1-7-10(6-13-14(7)3)12-5-9-4-11-8(2)15-9/h4,6,12H,5H2,1-3H3. The van der Waals surface area contributed by atoms with Crippen LogP contribution >= 0.6 is 11.3 Å². The van der Waals surface area contributed by atoms with Crippen LogP contribution in [0.4, 0.5) is 5.69 Å². The van der Waals surface area contributed by atoms with Gasteiger partial charge in [0.15, 0.2) is 0 Å². The number of nitrogens with zero attached hydrogens (tertiary/aromatic N) is 3. The van der Waals surface area contributed by atoms with Crippen LogP contribution in [-0.2, 0) is 13.6 Å². The van der Waals surface area contributed by atoms with E-state index < -0.39 is 0 Å². The van der Waals surface area contributed by atoms with E-state index in [4.69, 9.17) is 0 Å². The van der Waals surface area contributed by atoms with E-state index in [1.54, 1.807) is 11.3 Å². The fourth-order valence-corrected chi connectivity index (χ4v) is 2.08. The summed E-state index contributed by atoms with van der Waals surface area (Å²) in [6, 6.07) is 0. The lowest BCUT2D eigenvalue weighted by atomic mass is 10.4. The zero-order valence-electron chi connectivity index (χ0n) is 9.11. The second-order valence-electron chi connectivity index (χ2n) is 3.47. The molecule has 1 N–H and O–H groups in total. The molecule has 0 radical (unpaired) electrons. The maximum atomic E-state index is 4.21. The molecule has 0 unspecified atom stereocenters. The molecule has 2 aromatic rings. The zero-order chi connectivity index (χ0) is 10.8. The summed E-state index contributed by atoms with van der Waals surface area (Å²) >= 11 is 1.72. The molecule has 0 amide bonds.